The third kappa shape index (κ3) is 3.43. The Balaban J connectivity index is 2.90. The smallest absolute Gasteiger partial charge is 0.307 e. The first-order valence-electron chi connectivity index (χ1n) is 5.69. The van der Waals surface area contributed by atoms with Gasteiger partial charge in [0.05, 0.1) is 20.1 Å². The van der Waals surface area contributed by atoms with E-state index in [1.165, 1.54) is 19.2 Å². The Bertz CT molecular complexity index is 432. The van der Waals surface area contributed by atoms with Gasteiger partial charge in [-0.3, -0.25) is 4.79 Å². The van der Waals surface area contributed by atoms with Crippen LogP contribution in [0, 0.1) is 5.82 Å². The zero-order valence-corrected chi connectivity index (χ0v) is 10.8. The molecule has 1 aromatic rings. The first-order valence-corrected chi connectivity index (χ1v) is 5.69. The maximum Gasteiger partial charge on any atom is 0.307 e. The van der Waals surface area contributed by atoms with Crippen molar-refractivity contribution in [2.24, 2.45) is 5.73 Å². The summed E-state index contributed by atoms with van der Waals surface area (Å²) in [6.45, 7) is 3.68. The van der Waals surface area contributed by atoms with Gasteiger partial charge in [-0.05, 0) is 31.5 Å². The third-order valence-electron chi connectivity index (χ3n) is 2.63. The SMILES string of the molecule is CCOC(=O)CC(C)(N)c1ccc(OC)c(F)c1. The number of ether oxygens (including phenoxy) is 2. The molecular weight excluding hydrogens is 237 g/mol. The van der Waals surface area contributed by atoms with Gasteiger partial charge in [0.2, 0.25) is 0 Å². The van der Waals surface area contributed by atoms with E-state index in [1.54, 1.807) is 19.9 Å². The first kappa shape index (κ1) is 14.4. The van der Waals surface area contributed by atoms with Crippen LogP contribution in [0.5, 0.6) is 5.75 Å². The van der Waals surface area contributed by atoms with Crippen molar-refractivity contribution in [1.29, 1.82) is 0 Å². The predicted molar refractivity (Wildman–Crippen MR) is 65.7 cm³/mol. The summed E-state index contributed by atoms with van der Waals surface area (Å²) < 4.78 is 23.2. The lowest BCUT2D eigenvalue weighted by molar-refractivity contribution is -0.144. The van der Waals surface area contributed by atoms with Gasteiger partial charge in [-0.15, -0.1) is 0 Å². The molecule has 0 bridgehead atoms. The number of hydrogen-bond acceptors (Lipinski definition) is 4. The molecule has 0 aliphatic heterocycles. The van der Waals surface area contributed by atoms with Gasteiger partial charge < -0.3 is 15.2 Å². The molecule has 1 aromatic carbocycles. The third-order valence-corrected chi connectivity index (χ3v) is 2.63. The maximum atomic E-state index is 13.6. The van der Waals surface area contributed by atoms with Gasteiger partial charge in [-0.1, -0.05) is 6.07 Å². The summed E-state index contributed by atoms with van der Waals surface area (Å²) in [6, 6.07) is 4.40. The van der Waals surface area contributed by atoms with Gasteiger partial charge in [-0.2, -0.15) is 0 Å². The summed E-state index contributed by atoms with van der Waals surface area (Å²) in [5.41, 5.74) is 5.57. The fourth-order valence-electron chi connectivity index (χ4n) is 1.64. The second kappa shape index (κ2) is 5.82. The van der Waals surface area contributed by atoms with E-state index in [4.69, 9.17) is 15.2 Å². The number of carbonyl (C=O) groups is 1. The summed E-state index contributed by atoms with van der Waals surface area (Å²) in [5.74, 6) is -0.764. The number of carbonyl (C=O) groups excluding carboxylic acids is 1. The second-order valence-corrected chi connectivity index (χ2v) is 4.25. The highest BCUT2D eigenvalue weighted by Crippen LogP contribution is 2.26. The highest BCUT2D eigenvalue weighted by atomic mass is 19.1. The second-order valence-electron chi connectivity index (χ2n) is 4.25. The molecule has 0 aromatic heterocycles. The number of esters is 1. The van der Waals surface area contributed by atoms with Gasteiger partial charge in [-0.25, -0.2) is 4.39 Å². The van der Waals surface area contributed by atoms with Gasteiger partial charge in [0.25, 0.3) is 0 Å². The Morgan fingerprint density at radius 3 is 2.67 bits per heavy atom. The minimum atomic E-state index is -0.973. The lowest BCUT2D eigenvalue weighted by Gasteiger charge is -2.24. The summed E-state index contributed by atoms with van der Waals surface area (Å²) >= 11 is 0. The number of methoxy groups -OCH3 is 1. The minimum absolute atomic E-state index is 0.00733. The molecule has 1 unspecified atom stereocenters. The highest BCUT2D eigenvalue weighted by molar-refractivity contribution is 5.71. The molecule has 5 heteroatoms. The van der Waals surface area contributed by atoms with Gasteiger partial charge in [0, 0.05) is 5.54 Å². The molecule has 0 aliphatic rings. The van der Waals surface area contributed by atoms with Crippen LogP contribution in [0.4, 0.5) is 4.39 Å². The molecule has 0 spiro atoms. The van der Waals surface area contributed by atoms with E-state index in [9.17, 15) is 9.18 Å². The first-order chi connectivity index (χ1) is 8.40. The number of benzene rings is 1. The lowest BCUT2D eigenvalue weighted by Crippen LogP contribution is -2.36. The standard InChI is InChI=1S/C13H18FNO3/c1-4-18-12(16)8-13(2,15)9-5-6-11(17-3)10(14)7-9/h5-7H,4,8,15H2,1-3H3. The van der Waals surface area contributed by atoms with Gasteiger partial charge in [0.15, 0.2) is 11.6 Å². The Labute approximate surface area is 106 Å². The summed E-state index contributed by atoms with van der Waals surface area (Å²) in [4.78, 5) is 11.4. The number of halogens is 1. The van der Waals surface area contributed by atoms with E-state index in [1.807, 2.05) is 0 Å². The van der Waals surface area contributed by atoms with Crippen LogP contribution in [0.25, 0.3) is 0 Å². The van der Waals surface area contributed by atoms with E-state index in [2.05, 4.69) is 0 Å². The fraction of sp³-hybridized carbons (Fsp3) is 0.462. The molecule has 0 radical (unpaired) electrons. The normalized spacial score (nSPS) is 13.8. The predicted octanol–water partition coefficient (Wildman–Crippen LogP) is 1.96. The van der Waals surface area contributed by atoms with Crippen LogP contribution in [0.15, 0.2) is 18.2 Å². The monoisotopic (exact) mass is 255 g/mol. The average molecular weight is 255 g/mol. The highest BCUT2D eigenvalue weighted by Gasteiger charge is 2.26. The van der Waals surface area contributed by atoms with Gasteiger partial charge in [0.1, 0.15) is 0 Å². The molecule has 0 heterocycles. The van der Waals surface area contributed by atoms with Crippen LogP contribution in [0.2, 0.25) is 0 Å². The van der Waals surface area contributed by atoms with Crippen molar-refractivity contribution in [3.8, 4) is 5.75 Å². The minimum Gasteiger partial charge on any atom is -0.494 e. The van der Waals surface area contributed by atoms with Crippen molar-refractivity contribution < 1.29 is 18.7 Å². The van der Waals surface area contributed by atoms with E-state index in [0.29, 0.717) is 12.2 Å². The summed E-state index contributed by atoms with van der Waals surface area (Å²) in [6.07, 6.45) is -0.00733. The lowest BCUT2D eigenvalue weighted by atomic mass is 9.89. The molecule has 1 atom stereocenters. The van der Waals surface area contributed by atoms with Crippen LogP contribution in [-0.2, 0) is 15.1 Å². The van der Waals surface area contributed by atoms with E-state index >= 15 is 0 Å². The molecule has 0 aliphatic carbocycles. The van der Waals surface area contributed by atoms with Crippen LogP contribution in [0.1, 0.15) is 25.8 Å². The average Bonchev–Trinajstić information content (AvgIpc) is 2.28. The van der Waals surface area contributed by atoms with Crippen LogP contribution < -0.4 is 10.5 Å². The molecule has 1 rings (SSSR count). The maximum absolute atomic E-state index is 13.6. The van der Waals surface area contributed by atoms with Crippen molar-refractivity contribution in [2.75, 3.05) is 13.7 Å². The zero-order valence-electron chi connectivity index (χ0n) is 10.8. The largest absolute Gasteiger partial charge is 0.494 e. The molecule has 100 valence electrons. The van der Waals surface area contributed by atoms with Crippen LogP contribution in [-0.4, -0.2) is 19.7 Å². The van der Waals surface area contributed by atoms with Crippen molar-refractivity contribution >= 4 is 5.97 Å². The molecule has 0 saturated carbocycles. The summed E-state index contributed by atoms with van der Waals surface area (Å²) in [7, 11) is 1.39. The molecule has 0 saturated heterocycles. The quantitative estimate of drug-likeness (QED) is 0.817. The molecular formula is C13H18FNO3. The van der Waals surface area contributed by atoms with E-state index in [0.717, 1.165) is 0 Å². The van der Waals surface area contributed by atoms with Gasteiger partial charge >= 0.3 is 5.97 Å². The molecule has 0 fully saturated rings. The number of hydrogen-bond donors (Lipinski definition) is 1. The van der Waals surface area contributed by atoms with Crippen molar-refractivity contribution in [2.45, 2.75) is 25.8 Å². The number of nitrogens with two attached hydrogens (primary N) is 1. The Morgan fingerprint density at radius 2 is 2.17 bits per heavy atom. The topological polar surface area (TPSA) is 61.5 Å². The Hall–Kier alpha value is -1.62. The molecule has 2 N–H and O–H groups in total. The molecule has 18 heavy (non-hydrogen) atoms. The van der Waals surface area contributed by atoms with Crippen LogP contribution >= 0.6 is 0 Å². The number of rotatable bonds is 5. The van der Waals surface area contributed by atoms with E-state index < -0.39 is 17.3 Å². The van der Waals surface area contributed by atoms with Crippen molar-refractivity contribution in [3.63, 3.8) is 0 Å². The van der Waals surface area contributed by atoms with Crippen molar-refractivity contribution in [1.82, 2.24) is 0 Å². The van der Waals surface area contributed by atoms with E-state index in [-0.39, 0.29) is 12.2 Å². The molecule has 4 nitrogen and oxygen atoms in total. The fourth-order valence-corrected chi connectivity index (χ4v) is 1.64. The van der Waals surface area contributed by atoms with Crippen LogP contribution in [0.3, 0.4) is 0 Å². The molecule has 0 amide bonds. The summed E-state index contributed by atoms with van der Waals surface area (Å²) in [5, 5.41) is 0. The Morgan fingerprint density at radius 1 is 1.50 bits per heavy atom. The Kier molecular flexibility index (Phi) is 4.67. The zero-order chi connectivity index (χ0) is 13.8. The van der Waals surface area contributed by atoms with Crippen molar-refractivity contribution in [3.05, 3.63) is 29.6 Å².